The third-order valence-corrected chi connectivity index (χ3v) is 8.31. The fourth-order valence-corrected chi connectivity index (χ4v) is 6.21. The maximum atomic E-state index is 13.5. The van der Waals surface area contributed by atoms with Crippen LogP contribution in [0, 0.1) is 0 Å². The minimum Gasteiger partial charge on any atom is -0.444 e. The van der Waals surface area contributed by atoms with Crippen molar-refractivity contribution < 1.29 is 22.7 Å². The van der Waals surface area contributed by atoms with Crippen molar-refractivity contribution in [1.82, 2.24) is 18.8 Å². The van der Waals surface area contributed by atoms with Crippen molar-refractivity contribution in [1.29, 1.82) is 0 Å². The van der Waals surface area contributed by atoms with Gasteiger partial charge in [-0.05, 0) is 38.3 Å². The van der Waals surface area contributed by atoms with E-state index in [9.17, 15) is 13.2 Å². The average Bonchev–Trinajstić information content (AvgIpc) is 3.54. The molecular weight excluding hydrogens is 516 g/mol. The number of benzene rings is 2. The number of aromatic nitrogens is 2. The van der Waals surface area contributed by atoms with Gasteiger partial charge in [-0.3, -0.25) is 0 Å². The van der Waals surface area contributed by atoms with E-state index in [0.29, 0.717) is 26.2 Å². The van der Waals surface area contributed by atoms with Crippen molar-refractivity contribution >= 4 is 16.1 Å². The first-order chi connectivity index (χ1) is 18.5. The van der Waals surface area contributed by atoms with E-state index in [1.165, 1.54) is 16.8 Å². The molecule has 210 valence electrons. The van der Waals surface area contributed by atoms with Crippen LogP contribution in [0.5, 0.6) is 0 Å². The third-order valence-electron chi connectivity index (χ3n) is 6.60. The van der Waals surface area contributed by atoms with Gasteiger partial charge in [0.2, 0.25) is 0 Å². The van der Waals surface area contributed by atoms with Gasteiger partial charge in [-0.2, -0.15) is 4.31 Å². The lowest BCUT2D eigenvalue weighted by molar-refractivity contribution is 0.0130. The lowest BCUT2D eigenvalue weighted by Gasteiger charge is -2.34. The van der Waals surface area contributed by atoms with Crippen LogP contribution in [-0.4, -0.2) is 71.2 Å². The Labute approximate surface area is 231 Å². The molecule has 0 aliphatic carbocycles. The number of carbonyl (C=O) groups excluding carboxylic acids is 1. The van der Waals surface area contributed by atoms with Gasteiger partial charge in [0.15, 0.2) is 5.03 Å². The highest BCUT2D eigenvalue weighted by atomic mass is 32.2. The van der Waals surface area contributed by atoms with Crippen LogP contribution in [0.15, 0.2) is 78.2 Å². The van der Waals surface area contributed by atoms with Crippen molar-refractivity contribution in [3.63, 3.8) is 0 Å². The monoisotopic (exact) mass is 554 g/mol. The van der Waals surface area contributed by atoms with Crippen molar-refractivity contribution in [2.75, 3.05) is 26.2 Å². The third kappa shape index (κ3) is 7.46. The highest BCUT2D eigenvalue weighted by Gasteiger charge is 2.45. The number of hydrogen-bond acceptors (Lipinski definition) is 6. The average molecular weight is 555 g/mol. The predicted molar refractivity (Wildman–Crippen MR) is 149 cm³/mol. The molecule has 0 N–H and O–H groups in total. The Morgan fingerprint density at radius 1 is 1.05 bits per heavy atom. The van der Waals surface area contributed by atoms with Gasteiger partial charge < -0.3 is 18.9 Å². The van der Waals surface area contributed by atoms with E-state index in [4.69, 9.17) is 9.47 Å². The lowest BCUT2D eigenvalue weighted by Crippen LogP contribution is -2.47. The van der Waals surface area contributed by atoms with Crippen LogP contribution in [-0.2, 0) is 33.2 Å². The summed E-state index contributed by atoms with van der Waals surface area (Å²) in [5.41, 5.74) is 1.35. The van der Waals surface area contributed by atoms with Crippen molar-refractivity contribution in [3.05, 3.63) is 84.3 Å². The Morgan fingerprint density at radius 2 is 1.72 bits per heavy atom. The molecule has 1 aliphatic rings. The summed E-state index contributed by atoms with van der Waals surface area (Å²) in [4.78, 5) is 19.3. The molecule has 2 aromatic carbocycles. The van der Waals surface area contributed by atoms with Gasteiger partial charge in [0, 0.05) is 45.4 Å². The highest BCUT2D eigenvalue weighted by Crippen LogP contribution is 2.35. The SMILES string of the molecule is Cn1cnc(S(=O)(=O)N2C[C@H](c3ccccc3)[C@@H](N(CCCOCc3ccccc3)C(=O)OC(C)(C)C)C2)c1. The fourth-order valence-electron chi connectivity index (χ4n) is 4.76. The van der Waals surface area contributed by atoms with E-state index >= 15 is 0 Å². The van der Waals surface area contributed by atoms with Gasteiger partial charge in [0.1, 0.15) is 5.60 Å². The van der Waals surface area contributed by atoms with Gasteiger partial charge in [-0.1, -0.05) is 60.7 Å². The summed E-state index contributed by atoms with van der Waals surface area (Å²) in [6, 6.07) is 19.2. The molecule has 2 atom stereocenters. The first-order valence-electron chi connectivity index (χ1n) is 13.2. The molecule has 10 heteroatoms. The van der Waals surface area contributed by atoms with E-state index in [2.05, 4.69) is 4.98 Å². The number of ether oxygens (including phenoxy) is 2. The number of carbonyl (C=O) groups is 1. The number of hydrogen-bond donors (Lipinski definition) is 0. The van der Waals surface area contributed by atoms with Gasteiger partial charge in [-0.15, -0.1) is 0 Å². The molecule has 4 rings (SSSR count). The molecule has 1 fully saturated rings. The summed E-state index contributed by atoms with van der Waals surface area (Å²) in [6.07, 6.45) is 3.08. The molecule has 1 aliphatic heterocycles. The Bertz CT molecular complexity index is 1320. The normalized spacial score (nSPS) is 18.3. The quantitative estimate of drug-likeness (QED) is 0.345. The minimum atomic E-state index is -3.85. The van der Waals surface area contributed by atoms with Crippen molar-refractivity contribution in [2.45, 2.75) is 56.4 Å². The molecule has 39 heavy (non-hydrogen) atoms. The van der Waals surface area contributed by atoms with E-state index in [1.807, 2.05) is 81.4 Å². The smallest absolute Gasteiger partial charge is 0.410 e. The van der Waals surface area contributed by atoms with E-state index in [-0.39, 0.29) is 24.0 Å². The number of rotatable bonds is 10. The maximum Gasteiger partial charge on any atom is 0.410 e. The van der Waals surface area contributed by atoms with Crippen LogP contribution >= 0.6 is 0 Å². The molecule has 1 aromatic heterocycles. The standard InChI is InChI=1S/C29H38N4O5S/c1-29(2,3)38-28(34)33(16-11-17-37-21-23-12-7-5-8-13-23)26-19-32(18-25(26)24-14-9-6-10-15-24)39(35,36)27-20-31(4)22-30-27/h5-10,12-15,20,22,25-26H,11,16-19,21H2,1-4H3/t25-,26+/m1/s1. The summed E-state index contributed by atoms with van der Waals surface area (Å²) in [7, 11) is -2.12. The largest absolute Gasteiger partial charge is 0.444 e. The Kier molecular flexibility index (Phi) is 9.09. The van der Waals surface area contributed by atoms with Crippen LogP contribution in [0.2, 0.25) is 0 Å². The maximum absolute atomic E-state index is 13.5. The van der Waals surface area contributed by atoms with Gasteiger partial charge in [0.25, 0.3) is 10.0 Å². The van der Waals surface area contributed by atoms with Crippen molar-refractivity contribution in [3.8, 4) is 0 Å². The Morgan fingerprint density at radius 3 is 2.33 bits per heavy atom. The molecule has 0 spiro atoms. The number of amides is 1. The molecular formula is C29H38N4O5S. The second-order valence-electron chi connectivity index (χ2n) is 10.8. The van der Waals surface area contributed by atoms with Gasteiger partial charge >= 0.3 is 6.09 Å². The molecule has 2 heterocycles. The lowest BCUT2D eigenvalue weighted by atomic mass is 9.93. The molecule has 9 nitrogen and oxygen atoms in total. The molecule has 1 saturated heterocycles. The van der Waals surface area contributed by atoms with Crippen LogP contribution in [0.25, 0.3) is 0 Å². The minimum absolute atomic E-state index is 0.00408. The second kappa shape index (κ2) is 12.3. The summed E-state index contributed by atoms with van der Waals surface area (Å²) >= 11 is 0. The van der Waals surface area contributed by atoms with Crippen LogP contribution in [0.3, 0.4) is 0 Å². The molecule has 0 unspecified atom stereocenters. The number of aryl methyl sites for hydroxylation is 1. The number of imidazole rings is 1. The zero-order valence-electron chi connectivity index (χ0n) is 23.1. The predicted octanol–water partition coefficient (Wildman–Crippen LogP) is 4.42. The first kappa shape index (κ1) is 28.8. The van der Waals surface area contributed by atoms with Gasteiger partial charge in [0.05, 0.1) is 19.0 Å². The van der Waals surface area contributed by atoms with Crippen LogP contribution in [0.4, 0.5) is 4.79 Å². The zero-order chi connectivity index (χ0) is 28.0. The van der Waals surface area contributed by atoms with E-state index in [0.717, 1.165) is 11.1 Å². The van der Waals surface area contributed by atoms with Crippen molar-refractivity contribution in [2.24, 2.45) is 7.05 Å². The molecule has 1 amide bonds. The molecule has 3 aromatic rings. The van der Waals surface area contributed by atoms with Crippen LogP contribution < -0.4 is 0 Å². The number of sulfonamides is 1. The Hall–Kier alpha value is -3.21. The summed E-state index contributed by atoms with van der Waals surface area (Å²) in [5, 5.41) is -0.00408. The topological polar surface area (TPSA) is 94.0 Å². The van der Waals surface area contributed by atoms with Gasteiger partial charge in [-0.25, -0.2) is 18.2 Å². The molecule has 0 bridgehead atoms. The summed E-state index contributed by atoms with van der Waals surface area (Å²) < 4.78 is 41.7. The van der Waals surface area contributed by atoms with E-state index < -0.39 is 27.8 Å². The fraction of sp³-hybridized carbons (Fsp3) is 0.448. The Balaban J connectivity index is 1.56. The highest BCUT2D eigenvalue weighted by molar-refractivity contribution is 7.89. The summed E-state index contributed by atoms with van der Waals surface area (Å²) in [5.74, 6) is -0.234. The number of nitrogens with zero attached hydrogens (tertiary/aromatic N) is 4. The van der Waals surface area contributed by atoms with E-state index in [1.54, 1.807) is 16.5 Å². The molecule has 0 radical (unpaired) electrons. The summed E-state index contributed by atoms with van der Waals surface area (Å²) in [6.45, 7) is 7.16. The van der Waals surface area contributed by atoms with Crippen LogP contribution in [0.1, 0.15) is 44.2 Å². The first-order valence-corrected chi connectivity index (χ1v) is 14.6. The second-order valence-corrected chi connectivity index (χ2v) is 12.7. The molecule has 0 saturated carbocycles. The zero-order valence-corrected chi connectivity index (χ0v) is 23.9.